The van der Waals surface area contributed by atoms with E-state index in [0.717, 1.165) is 37.7 Å². The third-order valence-corrected chi connectivity index (χ3v) is 4.52. The molecule has 1 aromatic heterocycles. The molecule has 3 rings (SSSR count). The topological polar surface area (TPSA) is 53.6 Å². The molecule has 0 saturated heterocycles. The summed E-state index contributed by atoms with van der Waals surface area (Å²) in [5.41, 5.74) is 0.562. The largest absolute Gasteiger partial charge is 0.338 e. The van der Waals surface area contributed by atoms with Crippen molar-refractivity contribution in [1.82, 2.24) is 9.78 Å². The number of anilines is 2. The van der Waals surface area contributed by atoms with Gasteiger partial charge in [-0.15, -0.1) is 0 Å². The molecule has 0 radical (unpaired) electrons. The number of nitrogens with zero attached hydrogens (tertiary/aromatic N) is 3. The molecule has 0 bridgehead atoms. The van der Waals surface area contributed by atoms with Crippen molar-refractivity contribution < 1.29 is 4.39 Å². The van der Waals surface area contributed by atoms with Gasteiger partial charge in [0, 0.05) is 13.1 Å². The maximum atomic E-state index is 14.4. The molecule has 0 unspecified atom stereocenters. The molecular formula is C17H19FN4. The van der Waals surface area contributed by atoms with Crippen LogP contribution in [-0.2, 0) is 12.5 Å². The Morgan fingerprint density at radius 2 is 2.05 bits per heavy atom. The zero-order chi connectivity index (χ0) is 15.6. The molecule has 1 fully saturated rings. The third kappa shape index (κ3) is 2.45. The molecule has 1 aromatic carbocycles. The Labute approximate surface area is 129 Å². The van der Waals surface area contributed by atoms with Crippen LogP contribution in [0.3, 0.4) is 0 Å². The Hall–Kier alpha value is -2.35. The van der Waals surface area contributed by atoms with Gasteiger partial charge in [-0.3, -0.25) is 4.68 Å². The minimum Gasteiger partial charge on any atom is -0.338 e. The van der Waals surface area contributed by atoms with E-state index in [1.54, 1.807) is 30.1 Å². The highest BCUT2D eigenvalue weighted by Gasteiger charge is 2.36. The number of hydrogen-bond donors (Lipinski definition) is 1. The van der Waals surface area contributed by atoms with Gasteiger partial charge in [-0.2, -0.15) is 10.4 Å². The number of rotatable bonds is 3. The highest BCUT2D eigenvalue weighted by molar-refractivity contribution is 5.64. The number of halogens is 1. The Balaban J connectivity index is 2.07. The van der Waals surface area contributed by atoms with Gasteiger partial charge in [0.25, 0.3) is 0 Å². The second kappa shape index (κ2) is 5.80. The van der Waals surface area contributed by atoms with Gasteiger partial charge in [0.1, 0.15) is 11.6 Å². The van der Waals surface area contributed by atoms with Gasteiger partial charge in [-0.1, -0.05) is 31.4 Å². The Morgan fingerprint density at radius 3 is 2.68 bits per heavy atom. The van der Waals surface area contributed by atoms with E-state index in [9.17, 15) is 9.65 Å². The molecule has 2 aromatic rings. The van der Waals surface area contributed by atoms with E-state index in [4.69, 9.17) is 0 Å². The quantitative estimate of drug-likeness (QED) is 0.930. The van der Waals surface area contributed by atoms with Crippen LogP contribution in [0.5, 0.6) is 0 Å². The van der Waals surface area contributed by atoms with Crippen LogP contribution in [0.1, 0.15) is 37.7 Å². The van der Waals surface area contributed by atoms with E-state index in [0.29, 0.717) is 11.5 Å². The standard InChI is InChI=1S/C17H19FN4/c1-22-15(8-11-20-22)21-16-13(6-5-7-14(16)18)17(12-19)9-3-2-4-10-17/h5-8,11,21H,2-4,9-10H2,1H3. The number of hydrogen-bond acceptors (Lipinski definition) is 3. The molecular weight excluding hydrogens is 279 g/mol. The molecule has 0 atom stereocenters. The molecule has 1 aliphatic carbocycles. The molecule has 0 aliphatic heterocycles. The van der Waals surface area contributed by atoms with Gasteiger partial charge in [0.2, 0.25) is 0 Å². The zero-order valence-corrected chi connectivity index (χ0v) is 12.6. The Bertz CT molecular complexity index is 708. The average Bonchev–Trinajstić information content (AvgIpc) is 2.95. The fraction of sp³-hybridized carbons (Fsp3) is 0.412. The maximum Gasteiger partial charge on any atom is 0.147 e. The van der Waals surface area contributed by atoms with Gasteiger partial charge >= 0.3 is 0 Å². The fourth-order valence-corrected chi connectivity index (χ4v) is 3.27. The molecule has 4 nitrogen and oxygen atoms in total. The van der Waals surface area contributed by atoms with Crippen LogP contribution in [-0.4, -0.2) is 9.78 Å². The molecule has 1 saturated carbocycles. The summed E-state index contributed by atoms with van der Waals surface area (Å²) in [5.74, 6) is 0.370. The normalized spacial score (nSPS) is 17.0. The molecule has 0 amide bonds. The second-order valence-corrected chi connectivity index (χ2v) is 5.88. The third-order valence-electron chi connectivity index (χ3n) is 4.52. The van der Waals surface area contributed by atoms with E-state index < -0.39 is 5.41 Å². The predicted molar refractivity (Wildman–Crippen MR) is 83.3 cm³/mol. The summed E-state index contributed by atoms with van der Waals surface area (Å²) < 4.78 is 16.1. The maximum absolute atomic E-state index is 14.4. The monoisotopic (exact) mass is 298 g/mol. The number of nitrogens with one attached hydrogen (secondary N) is 1. The van der Waals surface area contributed by atoms with Crippen molar-refractivity contribution in [2.24, 2.45) is 7.05 Å². The number of para-hydroxylation sites is 1. The molecule has 1 heterocycles. The number of aryl methyl sites for hydroxylation is 1. The summed E-state index contributed by atoms with van der Waals surface area (Å²) in [6, 6.07) is 9.24. The van der Waals surface area contributed by atoms with Gasteiger partial charge in [0.05, 0.1) is 23.4 Å². The lowest BCUT2D eigenvalue weighted by Gasteiger charge is -2.33. The minimum absolute atomic E-state index is 0.334. The van der Waals surface area contributed by atoms with Gasteiger partial charge < -0.3 is 5.32 Å². The zero-order valence-electron chi connectivity index (χ0n) is 12.6. The van der Waals surface area contributed by atoms with Crippen LogP contribution in [0.2, 0.25) is 0 Å². The van der Waals surface area contributed by atoms with Crippen LogP contribution in [0.4, 0.5) is 15.9 Å². The first kappa shape index (κ1) is 14.6. The van der Waals surface area contributed by atoms with E-state index in [1.807, 2.05) is 6.07 Å². The number of nitriles is 1. The molecule has 1 aliphatic rings. The van der Waals surface area contributed by atoms with Crippen LogP contribution >= 0.6 is 0 Å². The first-order valence-corrected chi connectivity index (χ1v) is 7.61. The van der Waals surface area contributed by atoms with Crippen molar-refractivity contribution in [2.75, 3.05) is 5.32 Å². The van der Waals surface area contributed by atoms with Crippen LogP contribution in [0, 0.1) is 17.1 Å². The van der Waals surface area contributed by atoms with E-state index >= 15 is 0 Å². The molecule has 22 heavy (non-hydrogen) atoms. The predicted octanol–water partition coefficient (Wildman–Crippen LogP) is 4.03. The lowest BCUT2D eigenvalue weighted by molar-refractivity contribution is 0.366. The van der Waals surface area contributed by atoms with Gasteiger partial charge in [-0.25, -0.2) is 4.39 Å². The lowest BCUT2D eigenvalue weighted by Crippen LogP contribution is -2.28. The van der Waals surface area contributed by atoms with Crippen molar-refractivity contribution in [3.8, 4) is 6.07 Å². The summed E-state index contributed by atoms with van der Waals surface area (Å²) in [6.45, 7) is 0. The van der Waals surface area contributed by atoms with Crippen LogP contribution in [0.25, 0.3) is 0 Å². The van der Waals surface area contributed by atoms with Crippen molar-refractivity contribution in [3.63, 3.8) is 0 Å². The van der Waals surface area contributed by atoms with Gasteiger partial charge in [-0.05, 0) is 24.5 Å². The summed E-state index contributed by atoms with van der Waals surface area (Å²) in [6.07, 6.45) is 6.39. The summed E-state index contributed by atoms with van der Waals surface area (Å²) in [7, 11) is 1.80. The first-order valence-electron chi connectivity index (χ1n) is 7.61. The highest BCUT2D eigenvalue weighted by Crippen LogP contribution is 2.43. The number of benzene rings is 1. The molecule has 5 heteroatoms. The molecule has 0 spiro atoms. The van der Waals surface area contributed by atoms with Crippen molar-refractivity contribution >= 4 is 11.5 Å². The lowest BCUT2D eigenvalue weighted by atomic mass is 9.70. The highest BCUT2D eigenvalue weighted by atomic mass is 19.1. The van der Waals surface area contributed by atoms with E-state index in [2.05, 4.69) is 16.5 Å². The molecule has 1 N–H and O–H groups in total. The van der Waals surface area contributed by atoms with Gasteiger partial charge in [0.15, 0.2) is 0 Å². The van der Waals surface area contributed by atoms with Crippen molar-refractivity contribution in [2.45, 2.75) is 37.5 Å². The summed E-state index contributed by atoms with van der Waals surface area (Å²) >= 11 is 0. The second-order valence-electron chi connectivity index (χ2n) is 5.88. The Kier molecular flexibility index (Phi) is 3.84. The first-order chi connectivity index (χ1) is 10.7. The average molecular weight is 298 g/mol. The summed E-state index contributed by atoms with van der Waals surface area (Å²) in [5, 5.41) is 17.0. The number of aromatic nitrogens is 2. The minimum atomic E-state index is -0.596. The smallest absolute Gasteiger partial charge is 0.147 e. The van der Waals surface area contributed by atoms with Crippen LogP contribution < -0.4 is 5.32 Å². The van der Waals surface area contributed by atoms with Crippen molar-refractivity contribution in [1.29, 1.82) is 5.26 Å². The van der Waals surface area contributed by atoms with E-state index in [1.165, 1.54) is 6.07 Å². The van der Waals surface area contributed by atoms with Crippen LogP contribution in [0.15, 0.2) is 30.5 Å². The van der Waals surface area contributed by atoms with E-state index in [-0.39, 0.29) is 5.82 Å². The Morgan fingerprint density at radius 1 is 1.27 bits per heavy atom. The summed E-state index contributed by atoms with van der Waals surface area (Å²) in [4.78, 5) is 0. The van der Waals surface area contributed by atoms with Crippen molar-refractivity contribution in [3.05, 3.63) is 41.8 Å². The fourth-order valence-electron chi connectivity index (χ4n) is 3.27. The molecule has 114 valence electrons. The SMILES string of the molecule is Cn1nccc1Nc1c(F)cccc1C1(C#N)CCCCC1.